The summed E-state index contributed by atoms with van der Waals surface area (Å²) in [7, 11) is 0. The van der Waals surface area contributed by atoms with Gasteiger partial charge in [0.15, 0.2) is 0 Å². The zero-order valence-corrected chi connectivity index (χ0v) is 10.3. The van der Waals surface area contributed by atoms with Gasteiger partial charge < -0.3 is 15.8 Å². The van der Waals surface area contributed by atoms with Gasteiger partial charge in [-0.15, -0.1) is 0 Å². The third-order valence-electron chi connectivity index (χ3n) is 1.87. The monoisotopic (exact) mass is 238 g/mol. The van der Waals surface area contributed by atoms with Crippen LogP contribution in [0.25, 0.3) is 0 Å². The van der Waals surface area contributed by atoms with Crippen molar-refractivity contribution in [2.75, 3.05) is 6.54 Å². The molecule has 1 heterocycles. The average molecular weight is 238 g/mol. The van der Waals surface area contributed by atoms with Gasteiger partial charge in [-0.25, -0.2) is 14.8 Å². The molecule has 0 fully saturated rings. The predicted octanol–water partition coefficient (Wildman–Crippen LogP) is 1.00. The summed E-state index contributed by atoms with van der Waals surface area (Å²) in [6, 6.07) is -0.344. The standard InChI is InChI=1S/C11H18N4O2/c1-11(2,3)17-10(16)15-6-9(12)8-4-13-7-14-5-8/h4-5,7,9H,6,12H2,1-3H3,(H,15,16)/t9-/m1/s1. The molecule has 1 aromatic heterocycles. The largest absolute Gasteiger partial charge is 0.444 e. The normalized spacial score (nSPS) is 12.9. The van der Waals surface area contributed by atoms with Gasteiger partial charge in [-0.05, 0) is 20.8 Å². The van der Waals surface area contributed by atoms with E-state index >= 15 is 0 Å². The topological polar surface area (TPSA) is 90.1 Å². The number of nitrogens with one attached hydrogen (secondary N) is 1. The van der Waals surface area contributed by atoms with Crippen molar-refractivity contribution in [3.63, 3.8) is 0 Å². The number of alkyl carbamates (subject to hydrolysis) is 1. The highest BCUT2D eigenvalue weighted by atomic mass is 16.6. The third-order valence-corrected chi connectivity index (χ3v) is 1.87. The molecule has 94 valence electrons. The van der Waals surface area contributed by atoms with Gasteiger partial charge in [0.1, 0.15) is 11.9 Å². The summed E-state index contributed by atoms with van der Waals surface area (Å²) in [5, 5.41) is 2.60. The van der Waals surface area contributed by atoms with Crippen LogP contribution in [0.1, 0.15) is 32.4 Å². The van der Waals surface area contributed by atoms with E-state index in [1.54, 1.807) is 33.2 Å². The lowest BCUT2D eigenvalue weighted by atomic mass is 10.2. The van der Waals surface area contributed by atoms with E-state index < -0.39 is 11.7 Å². The van der Waals surface area contributed by atoms with Crippen LogP contribution < -0.4 is 11.1 Å². The Bertz CT molecular complexity index is 361. The molecule has 6 nitrogen and oxygen atoms in total. The lowest BCUT2D eigenvalue weighted by Crippen LogP contribution is -2.36. The molecule has 0 unspecified atom stereocenters. The molecule has 0 aliphatic heterocycles. The summed E-state index contributed by atoms with van der Waals surface area (Å²) < 4.78 is 5.09. The number of carbonyl (C=O) groups excluding carboxylic acids is 1. The number of amides is 1. The van der Waals surface area contributed by atoms with E-state index in [9.17, 15) is 4.79 Å². The van der Waals surface area contributed by atoms with Gasteiger partial charge in [-0.2, -0.15) is 0 Å². The quantitative estimate of drug-likeness (QED) is 0.819. The lowest BCUT2D eigenvalue weighted by molar-refractivity contribution is 0.0524. The van der Waals surface area contributed by atoms with Gasteiger partial charge in [0, 0.05) is 24.5 Å². The van der Waals surface area contributed by atoms with Crippen molar-refractivity contribution >= 4 is 6.09 Å². The molecule has 0 bridgehead atoms. The van der Waals surface area contributed by atoms with E-state index in [1.807, 2.05) is 0 Å². The molecular formula is C11H18N4O2. The molecule has 0 saturated carbocycles. The van der Waals surface area contributed by atoms with Crippen LogP contribution in [0.4, 0.5) is 4.79 Å². The van der Waals surface area contributed by atoms with E-state index in [4.69, 9.17) is 10.5 Å². The molecule has 0 aliphatic carbocycles. The fourth-order valence-corrected chi connectivity index (χ4v) is 1.13. The van der Waals surface area contributed by atoms with Crippen LogP contribution in [0.2, 0.25) is 0 Å². The molecule has 17 heavy (non-hydrogen) atoms. The second kappa shape index (κ2) is 5.58. The van der Waals surface area contributed by atoms with Crippen LogP contribution in [-0.2, 0) is 4.74 Å². The fraction of sp³-hybridized carbons (Fsp3) is 0.545. The number of hydrogen-bond acceptors (Lipinski definition) is 5. The Morgan fingerprint density at radius 2 is 2.06 bits per heavy atom. The number of hydrogen-bond donors (Lipinski definition) is 2. The van der Waals surface area contributed by atoms with Crippen molar-refractivity contribution in [3.8, 4) is 0 Å². The highest BCUT2D eigenvalue weighted by Crippen LogP contribution is 2.08. The first-order valence-corrected chi connectivity index (χ1v) is 5.36. The van der Waals surface area contributed by atoms with E-state index in [0.717, 1.165) is 5.56 Å². The van der Waals surface area contributed by atoms with Crippen molar-refractivity contribution in [1.29, 1.82) is 0 Å². The number of carbonyl (C=O) groups is 1. The number of rotatable bonds is 3. The molecule has 0 saturated heterocycles. The van der Waals surface area contributed by atoms with Gasteiger partial charge >= 0.3 is 6.09 Å². The summed E-state index contributed by atoms with van der Waals surface area (Å²) in [5.41, 5.74) is 6.11. The second-order valence-electron chi connectivity index (χ2n) is 4.66. The highest BCUT2D eigenvalue weighted by Gasteiger charge is 2.16. The first-order valence-electron chi connectivity index (χ1n) is 5.36. The Hall–Kier alpha value is -1.69. The highest BCUT2D eigenvalue weighted by molar-refractivity contribution is 5.67. The zero-order chi connectivity index (χ0) is 12.9. The molecule has 1 atom stereocenters. The van der Waals surface area contributed by atoms with E-state index in [0.29, 0.717) is 0 Å². The van der Waals surface area contributed by atoms with Crippen LogP contribution in [0.3, 0.4) is 0 Å². The maximum absolute atomic E-state index is 11.4. The smallest absolute Gasteiger partial charge is 0.407 e. The molecule has 0 spiro atoms. The number of ether oxygens (including phenoxy) is 1. The SMILES string of the molecule is CC(C)(C)OC(=O)NC[C@@H](N)c1cncnc1. The fourth-order valence-electron chi connectivity index (χ4n) is 1.13. The van der Waals surface area contributed by atoms with Crippen LogP contribution >= 0.6 is 0 Å². The molecule has 1 aromatic rings. The van der Waals surface area contributed by atoms with Crippen LogP contribution in [0.15, 0.2) is 18.7 Å². The summed E-state index contributed by atoms with van der Waals surface area (Å²) in [4.78, 5) is 19.1. The molecule has 1 amide bonds. The molecule has 3 N–H and O–H groups in total. The predicted molar refractivity (Wildman–Crippen MR) is 63.2 cm³/mol. The molecule has 0 radical (unpaired) electrons. The summed E-state index contributed by atoms with van der Waals surface area (Å²) in [5.74, 6) is 0. The van der Waals surface area contributed by atoms with E-state index in [2.05, 4.69) is 15.3 Å². The summed E-state index contributed by atoms with van der Waals surface area (Å²) in [6.07, 6.45) is 4.19. The van der Waals surface area contributed by atoms with Crippen molar-refractivity contribution in [3.05, 3.63) is 24.3 Å². The number of nitrogens with two attached hydrogens (primary N) is 1. The average Bonchev–Trinajstić information content (AvgIpc) is 2.25. The summed E-state index contributed by atoms with van der Waals surface area (Å²) in [6.45, 7) is 5.69. The third kappa shape index (κ3) is 5.26. The maximum Gasteiger partial charge on any atom is 0.407 e. The van der Waals surface area contributed by atoms with Crippen molar-refractivity contribution in [2.24, 2.45) is 5.73 Å². The molecule has 0 aromatic carbocycles. The van der Waals surface area contributed by atoms with Gasteiger partial charge in [0.25, 0.3) is 0 Å². The van der Waals surface area contributed by atoms with Crippen molar-refractivity contribution in [1.82, 2.24) is 15.3 Å². The van der Waals surface area contributed by atoms with Gasteiger partial charge in [-0.1, -0.05) is 0 Å². The minimum Gasteiger partial charge on any atom is -0.444 e. The van der Waals surface area contributed by atoms with Gasteiger partial charge in [0.2, 0.25) is 0 Å². The molecule has 1 rings (SSSR count). The minimum atomic E-state index is -0.510. The van der Waals surface area contributed by atoms with Crippen LogP contribution in [0.5, 0.6) is 0 Å². The zero-order valence-electron chi connectivity index (χ0n) is 10.3. The first-order chi connectivity index (χ1) is 7.88. The maximum atomic E-state index is 11.4. The minimum absolute atomic E-state index is 0.280. The van der Waals surface area contributed by atoms with Gasteiger partial charge in [0.05, 0.1) is 6.04 Å². The Balaban J connectivity index is 2.39. The summed E-state index contributed by atoms with van der Waals surface area (Å²) >= 11 is 0. The number of aromatic nitrogens is 2. The number of nitrogens with zero attached hydrogens (tertiary/aromatic N) is 2. The van der Waals surface area contributed by atoms with E-state index in [1.165, 1.54) is 6.33 Å². The van der Waals surface area contributed by atoms with E-state index in [-0.39, 0.29) is 12.6 Å². The van der Waals surface area contributed by atoms with Gasteiger partial charge in [-0.3, -0.25) is 0 Å². The second-order valence-corrected chi connectivity index (χ2v) is 4.66. The Morgan fingerprint density at radius 1 is 1.47 bits per heavy atom. The molecule has 0 aliphatic rings. The van der Waals surface area contributed by atoms with Crippen molar-refractivity contribution in [2.45, 2.75) is 32.4 Å². The molecule has 6 heteroatoms. The van der Waals surface area contributed by atoms with Crippen LogP contribution in [-0.4, -0.2) is 28.2 Å². The Labute approximate surface area is 101 Å². The first kappa shape index (κ1) is 13.4. The molecular weight excluding hydrogens is 220 g/mol. The van der Waals surface area contributed by atoms with Crippen molar-refractivity contribution < 1.29 is 9.53 Å². The van der Waals surface area contributed by atoms with Crippen LogP contribution in [0, 0.1) is 0 Å². The lowest BCUT2D eigenvalue weighted by Gasteiger charge is -2.20. The Morgan fingerprint density at radius 3 is 2.59 bits per heavy atom. The Kier molecular flexibility index (Phi) is 4.39.